The van der Waals surface area contributed by atoms with Gasteiger partial charge in [-0.25, -0.2) is 9.79 Å². The summed E-state index contributed by atoms with van der Waals surface area (Å²) in [5.74, 6) is 1.10. The molecule has 4 unspecified atom stereocenters. The van der Waals surface area contributed by atoms with Crippen LogP contribution in [0.4, 0.5) is 0 Å². The number of aliphatic imine (C=N–C) groups is 1. The summed E-state index contributed by atoms with van der Waals surface area (Å²) >= 11 is 1.53. The molecule has 1 amide bonds. The standard InChI is InChI=1S/C27H33N3O3S/c1-5-21-24(26(32)33-4)25(20-10-15(2)6-7-16(20)3)30-19(14-34-27(30)29-21)13-23(31)28-22-12-17-8-9-18(22)11-17/h6-7,10,14,17-18,22,25H,5,8-9,11-13H2,1-4H3,(H,28,31). The minimum absolute atomic E-state index is 0.0512. The second-order valence-electron chi connectivity index (χ2n) is 9.99. The molecule has 2 saturated carbocycles. The van der Waals surface area contributed by atoms with Crippen molar-refractivity contribution in [1.29, 1.82) is 0 Å². The van der Waals surface area contributed by atoms with Crippen LogP contribution in [0.3, 0.4) is 0 Å². The molecule has 2 aliphatic carbocycles. The van der Waals surface area contributed by atoms with E-state index in [-0.39, 0.29) is 24.3 Å². The molecule has 4 aliphatic rings. The van der Waals surface area contributed by atoms with Gasteiger partial charge in [0, 0.05) is 11.7 Å². The third-order valence-electron chi connectivity index (χ3n) is 7.78. The minimum atomic E-state index is -0.369. The average Bonchev–Trinajstić information content (AvgIpc) is 3.55. The van der Waals surface area contributed by atoms with Gasteiger partial charge < -0.3 is 15.0 Å². The van der Waals surface area contributed by atoms with Crippen molar-refractivity contribution in [2.75, 3.05) is 7.11 Å². The van der Waals surface area contributed by atoms with Crippen molar-refractivity contribution in [2.45, 2.75) is 71.4 Å². The Bertz CT molecular complexity index is 1120. The number of esters is 1. The molecule has 2 fully saturated rings. The van der Waals surface area contributed by atoms with Crippen molar-refractivity contribution < 1.29 is 14.3 Å². The van der Waals surface area contributed by atoms with Crippen LogP contribution in [0.15, 0.2) is 45.6 Å². The van der Waals surface area contributed by atoms with Gasteiger partial charge in [0.2, 0.25) is 5.91 Å². The summed E-state index contributed by atoms with van der Waals surface area (Å²) in [4.78, 5) is 33.1. The monoisotopic (exact) mass is 479 g/mol. The van der Waals surface area contributed by atoms with Gasteiger partial charge in [-0.3, -0.25) is 4.79 Å². The van der Waals surface area contributed by atoms with Crippen LogP contribution in [-0.4, -0.2) is 35.1 Å². The van der Waals surface area contributed by atoms with Crippen LogP contribution in [0, 0.1) is 25.7 Å². The number of hydrogen-bond acceptors (Lipinski definition) is 6. The number of benzene rings is 1. The Morgan fingerprint density at radius 2 is 2.06 bits per heavy atom. The third kappa shape index (κ3) is 4.08. The Hall–Kier alpha value is -2.54. The summed E-state index contributed by atoms with van der Waals surface area (Å²) in [7, 11) is 1.42. The first kappa shape index (κ1) is 23.2. The summed E-state index contributed by atoms with van der Waals surface area (Å²) in [5.41, 5.74) is 5.45. The summed E-state index contributed by atoms with van der Waals surface area (Å²) in [6.45, 7) is 6.13. The molecule has 0 spiro atoms. The van der Waals surface area contributed by atoms with Crippen LogP contribution >= 0.6 is 11.8 Å². The van der Waals surface area contributed by atoms with Crippen LogP contribution in [0.5, 0.6) is 0 Å². The van der Waals surface area contributed by atoms with Crippen LogP contribution in [0.2, 0.25) is 0 Å². The van der Waals surface area contributed by atoms with Gasteiger partial charge in [-0.1, -0.05) is 48.9 Å². The largest absolute Gasteiger partial charge is 0.466 e. The summed E-state index contributed by atoms with van der Waals surface area (Å²) < 4.78 is 5.23. The van der Waals surface area contributed by atoms with E-state index in [0.717, 1.165) is 45.6 Å². The fraction of sp³-hybridized carbons (Fsp3) is 0.519. The van der Waals surface area contributed by atoms with E-state index < -0.39 is 0 Å². The number of thioether (sulfide) groups is 1. The normalized spacial score (nSPS) is 27.5. The maximum absolute atomic E-state index is 13.1. The Morgan fingerprint density at radius 3 is 2.74 bits per heavy atom. The van der Waals surface area contributed by atoms with Gasteiger partial charge in [0.15, 0.2) is 5.17 Å². The maximum Gasteiger partial charge on any atom is 0.338 e. The van der Waals surface area contributed by atoms with E-state index in [1.807, 2.05) is 12.3 Å². The zero-order valence-corrected chi connectivity index (χ0v) is 21.2. The maximum atomic E-state index is 13.1. The van der Waals surface area contributed by atoms with Gasteiger partial charge in [-0.05, 0) is 67.9 Å². The predicted octanol–water partition coefficient (Wildman–Crippen LogP) is 5.14. The number of methoxy groups -OCH3 is 1. The van der Waals surface area contributed by atoms with E-state index in [1.165, 1.54) is 38.1 Å². The minimum Gasteiger partial charge on any atom is -0.466 e. The fourth-order valence-corrected chi connectivity index (χ4v) is 7.04. The molecular weight excluding hydrogens is 446 g/mol. The molecule has 0 aromatic heterocycles. The van der Waals surface area contributed by atoms with Crippen LogP contribution in [0.1, 0.15) is 68.2 Å². The smallest absolute Gasteiger partial charge is 0.338 e. The molecule has 7 heteroatoms. The lowest BCUT2D eigenvalue weighted by atomic mass is 9.89. The van der Waals surface area contributed by atoms with Crippen molar-refractivity contribution in [1.82, 2.24) is 10.2 Å². The van der Waals surface area contributed by atoms with Crippen molar-refractivity contribution in [2.24, 2.45) is 16.8 Å². The van der Waals surface area contributed by atoms with E-state index in [9.17, 15) is 9.59 Å². The molecule has 0 saturated heterocycles. The van der Waals surface area contributed by atoms with Gasteiger partial charge in [0.05, 0.1) is 30.8 Å². The highest BCUT2D eigenvalue weighted by Gasteiger charge is 2.43. The number of carbonyl (C=O) groups is 2. The zero-order chi connectivity index (χ0) is 24.0. The van der Waals surface area contributed by atoms with E-state index in [4.69, 9.17) is 9.73 Å². The molecule has 1 aromatic rings. The molecule has 0 radical (unpaired) electrons. The SMILES string of the molecule is CCC1=C(C(=O)OC)C(c2cc(C)ccc2C)N2C(CC(=O)NC3CC4CCC3C4)=CSC2=N1. The highest BCUT2D eigenvalue weighted by Crippen LogP contribution is 2.47. The summed E-state index contributed by atoms with van der Waals surface area (Å²) in [6.07, 6.45) is 5.82. The van der Waals surface area contributed by atoms with Gasteiger partial charge in [-0.2, -0.15) is 0 Å². The number of hydrogen-bond donors (Lipinski definition) is 1. The fourth-order valence-electron chi connectivity index (χ4n) is 6.10. The molecule has 2 aliphatic heterocycles. The van der Waals surface area contributed by atoms with Gasteiger partial charge in [-0.15, -0.1) is 0 Å². The van der Waals surface area contributed by atoms with E-state index in [2.05, 4.69) is 42.3 Å². The van der Waals surface area contributed by atoms with Crippen LogP contribution in [0.25, 0.3) is 0 Å². The highest BCUT2D eigenvalue weighted by atomic mass is 32.2. The van der Waals surface area contributed by atoms with E-state index in [0.29, 0.717) is 24.0 Å². The number of allylic oxidation sites excluding steroid dienone is 1. The molecule has 5 rings (SSSR count). The van der Waals surface area contributed by atoms with Crippen molar-refractivity contribution in [3.8, 4) is 0 Å². The molecule has 2 heterocycles. The molecule has 180 valence electrons. The molecular formula is C27H33N3O3S. The Kier molecular flexibility index (Phi) is 6.32. The molecule has 2 bridgehead atoms. The number of carbonyl (C=O) groups excluding carboxylic acids is 2. The topological polar surface area (TPSA) is 71.0 Å². The lowest BCUT2D eigenvalue weighted by molar-refractivity contribution is -0.136. The third-order valence-corrected chi connectivity index (χ3v) is 8.67. The van der Waals surface area contributed by atoms with Gasteiger partial charge in [0.25, 0.3) is 0 Å². The van der Waals surface area contributed by atoms with Crippen molar-refractivity contribution >= 4 is 28.8 Å². The zero-order valence-electron chi connectivity index (χ0n) is 20.4. The second-order valence-corrected chi connectivity index (χ2v) is 10.8. The number of fused-ring (bicyclic) bond motifs is 3. The average molecular weight is 480 g/mol. The molecule has 6 nitrogen and oxygen atoms in total. The number of ether oxygens (including phenoxy) is 1. The van der Waals surface area contributed by atoms with Gasteiger partial charge >= 0.3 is 5.97 Å². The lowest BCUT2D eigenvalue weighted by Gasteiger charge is -2.37. The first-order valence-corrected chi connectivity index (χ1v) is 13.2. The van der Waals surface area contributed by atoms with E-state index in [1.54, 1.807) is 0 Å². The first-order chi connectivity index (χ1) is 16.4. The number of amides is 1. The number of nitrogens with one attached hydrogen (secondary N) is 1. The predicted molar refractivity (Wildman–Crippen MR) is 135 cm³/mol. The summed E-state index contributed by atoms with van der Waals surface area (Å²) in [5, 5.41) is 6.15. The molecule has 1 N–H and O–H groups in total. The number of aryl methyl sites for hydroxylation is 2. The summed E-state index contributed by atoms with van der Waals surface area (Å²) in [6, 6.07) is 6.24. The first-order valence-electron chi connectivity index (χ1n) is 12.3. The molecule has 1 aromatic carbocycles. The number of amidine groups is 1. The number of rotatable bonds is 6. The van der Waals surface area contributed by atoms with Crippen LogP contribution < -0.4 is 5.32 Å². The quantitative estimate of drug-likeness (QED) is 0.573. The molecule has 4 atom stereocenters. The second kappa shape index (κ2) is 9.25. The van der Waals surface area contributed by atoms with E-state index >= 15 is 0 Å². The van der Waals surface area contributed by atoms with Crippen molar-refractivity contribution in [3.05, 3.63) is 57.3 Å². The molecule has 34 heavy (non-hydrogen) atoms. The highest BCUT2D eigenvalue weighted by molar-refractivity contribution is 8.16. The number of nitrogens with zero attached hydrogens (tertiary/aromatic N) is 2. The Morgan fingerprint density at radius 1 is 1.24 bits per heavy atom. The Balaban J connectivity index is 1.47. The van der Waals surface area contributed by atoms with Crippen molar-refractivity contribution in [3.63, 3.8) is 0 Å². The van der Waals surface area contributed by atoms with Gasteiger partial charge in [0.1, 0.15) is 0 Å². The lowest BCUT2D eigenvalue weighted by Crippen LogP contribution is -2.41. The van der Waals surface area contributed by atoms with Crippen LogP contribution in [-0.2, 0) is 14.3 Å². The Labute approximate surface area is 205 Å².